The van der Waals surface area contributed by atoms with Gasteiger partial charge in [-0.05, 0) is 42.8 Å². The van der Waals surface area contributed by atoms with E-state index >= 15 is 0 Å². The summed E-state index contributed by atoms with van der Waals surface area (Å²) >= 11 is 11.7. The molecule has 144 valence electrons. The van der Waals surface area contributed by atoms with E-state index in [4.69, 9.17) is 23.2 Å². The molecule has 1 aliphatic heterocycles. The Labute approximate surface area is 167 Å². The van der Waals surface area contributed by atoms with Gasteiger partial charge in [-0.2, -0.15) is 0 Å². The first-order chi connectivity index (χ1) is 12.6. The number of nitrogens with one attached hydrogen (secondary N) is 1. The van der Waals surface area contributed by atoms with Gasteiger partial charge in [0.1, 0.15) is 0 Å². The molecule has 0 radical (unpaired) electrons. The molecule has 1 atom stereocenters. The lowest BCUT2D eigenvalue weighted by Crippen LogP contribution is -2.23. The Morgan fingerprint density at radius 2 is 1.81 bits per heavy atom. The van der Waals surface area contributed by atoms with Crippen LogP contribution in [0.15, 0.2) is 47.4 Å². The Bertz CT molecular complexity index is 1110. The van der Waals surface area contributed by atoms with Gasteiger partial charge < -0.3 is 5.32 Å². The van der Waals surface area contributed by atoms with Gasteiger partial charge in [0.2, 0.25) is 0 Å². The maximum Gasteiger partial charge on any atom is 0.255 e. The standard InChI is InChI=1S/C17H15Cl2NO5S2/c18-15-5-4-12(9-16(15)19)20-17(21)11-2-1-3-13(8-11)27(24,25)14-6-7-26(22,23)10-14/h1-5,8-9,14H,6-7,10H2,(H,20,21)/t14-/m1/s1. The van der Waals surface area contributed by atoms with Crippen LogP contribution in [0.1, 0.15) is 16.8 Å². The largest absolute Gasteiger partial charge is 0.322 e. The first-order valence-electron chi connectivity index (χ1n) is 7.89. The Kier molecular flexibility index (Phi) is 5.54. The van der Waals surface area contributed by atoms with Crippen LogP contribution in [0.5, 0.6) is 0 Å². The van der Waals surface area contributed by atoms with Crippen molar-refractivity contribution in [2.75, 3.05) is 16.8 Å². The number of anilines is 1. The van der Waals surface area contributed by atoms with Crippen LogP contribution < -0.4 is 5.32 Å². The number of carbonyl (C=O) groups is 1. The van der Waals surface area contributed by atoms with Crippen molar-refractivity contribution < 1.29 is 21.6 Å². The molecule has 2 aromatic rings. The third-order valence-corrected chi connectivity index (χ3v) is 9.14. The highest BCUT2D eigenvalue weighted by molar-refractivity contribution is 7.96. The van der Waals surface area contributed by atoms with Crippen molar-refractivity contribution in [1.29, 1.82) is 0 Å². The Morgan fingerprint density at radius 3 is 2.44 bits per heavy atom. The molecule has 1 fully saturated rings. The van der Waals surface area contributed by atoms with E-state index < -0.39 is 36.6 Å². The molecule has 0 saturated carbocycles. The minimum atomic E-state index is -3.85. The molecular weight excluding hydrogens is 433 g/mol. The van der Waals surface area contributed by atoms with Gasteiger partial charge in [-0.25, -0.2) is 16.8 Å². The molecule has 1 N–H and O–H groups in total. The number of benzene rings is 2. The second kappa shape index (κ2) is 7.43. The Hall–Kier alpha value is -1.61. The molecule has 3 rings (SSSR count). The molecule has 0 aromatic heterocycles. The van der Waals surface area contributed by atoms with E-state index in [1.54, 1.807) is 6.07 Å². The smallest absolute Gasteiger partial charge is 0.255 e. The number of carbonyl (C=O) groups excluding carboxylic acids is 1. The Balaban J connectivity index is 1.84. The van der Waals surface area contributed by atoms with Crippen LogP contribution in [-0.2, 0) is 19.7 Å². The van der Waals surface area contributed by atoms with Gasteiger partial charge in [0, 0.05) is 11.3 Å². The lowest BCUT2D eigenvalue weighted by atomic mass is 10.2. The first kappa shape index (κ1) is 20.1. The highest BCUT2D eigenvalue weighted by atomic mass is 35.5. The summed E-state index contributed by atoms with van der Waals surface area (Å²) in [5.41, 5.74) is 0.535. The third kappa shape index (κ3) is 4.45. The summed E-state index contributed by atoms with van der Waals surface area (Å²) in [4.78, 5) is 12.4. The maximum atomic E-state index is 12.7. The number of hydrogen-bond donors (Lipinski definition) is 1. The zero-order valence-corrected chi connectivity index (χ0v) is 17.0. The fourth-order valence-corrected chi connectivity index (χ4v) is 7.49. The minimum absolute atomic E-state index is 0.0599. The lowest BCUT2D eigenvalue weighted by Gasteiger charge is -2.12. The van der Waals surface area contributed by atoms with Crippen LogP contribution in [0.3, 0.4) is 0 Å². The average molecular weight is 448 g/mol. The van der Waals surface area contributed by atoms with Gasteiger partial charge in [0.05, 0.1) is 31.7 Å². The summed E-state index contributed by atoms with van der Waals surface area (Å²) in [6.45, 7) is 0. The predicted molar refractivity (Wildman–Crippen MR) is 105 cm³/mol. The highest BCUT2D eigenvalue weighted by Crippen LogP contribution is 2.27. The second-order valence-electron chi connectivity index (χ2n) is 6.18. The summed E-state index contributed by atoms with van der Waals surface area (Å²) in [6, 6.07) is 10.1. The number of hydrogen-bond acceptors (Lipinski definition) is 5. The van der Waals surface area contributed by atoms with Crippen molar-refractivity contribution in [3.05, 3.63) is 58.1 Å². The number of amides is 1. The summed E-state index contributed by atoms with van der Waals surface area (Å²) in [6.07, 6.45) is 0.0599. The molecular formula is C17H15Cl2NO5S2. The van der Waals surface area contributed by atoms with Gasteiger partial charge in [-0.3, -0.25) is 4.79 Å². The molecule has 27 heavy (non-hydrogen) atoms. The quantitative estimate of drug-likeness (QED) is 0.775. The number of sulfone groups is 2. The fraction of sp³-hybridized carbons (Fsp3) is 0.235. The average Bonchev–Trinajstić information content (AvgIpc) is 2.99. The molecule has 0 bridgehead atoms. The zero-order chi connectivity index (χ0) is 19.8. The molecule has 1 amide bonds. The summed E-state index contributed by atoms with van der Waals surface area (Å²) in [5.74, 6) is -1.06. The van der Waals surface area contributed by atoms with Crippen molar-refractivity contribution in [1.82, 2.24) is 0 Å². The van der Waals surface area contributed by atoms with Crippen molar-refractivity contribution in [2.45, 2.75) is 16.6 Å². The van der Waals surface area contributed by atoms with E-state index in [9.17, 15) is 21.6 Å². The summed E-state index contributed by atoms with van der Waals surface area (Å²) in [7, 11) is -7.19. The molecule has 1 heterocycles. The number of halogens is 2. The van der Waals surface area contributed by atoms with Gasteiger partial charge in [-0.1, -0.05) is 29.3 Å². The van der Waals surface area contributed by atoms with Crippen molar-refractivity contribution in [2.24, 2.45) is 0 Å². The van der Waals surface area contributed by atoms with Gasteiger partial charge in [0.25, 0.3) is 5.91 Å². The van der Waals surface area contributed by atoms with Crippen LogP contribution in [0.4, 0.5) is 5.69 Å². The van der Waals surface area contributed by atoms with Gasteiger partial charge in [0.15, 0.2) is 19.7 Å². The van der Waals surface area contributed by atoms with Gasteiger partial charge in [-0.15, -0.1) is 0 Å². The molecule has 0 unspecified atom stereocenters. The topological polar surface area (TPSA) is 97.4 Å². The van der Waals surface area contributed by atoms with Crippen LogP contribution in [-0.4, -0.2) is 39.5 Å². The van der Waals surface area contributed by atoms with E-state index in [1.807, 2.05) is 0 Å². The maximum absolute atomic E-state index is 12.7. The first-order valence-corrected chi connectivity index (χ1v) is 12.0. The molecule has 10 heteroatoms. The molecule has 0 aliphatic carbocycles. The van der Waals surface area contributed by atoms with Crippen LogP contribution in [0.2, 0.25) is 10.0 Å². The van der Waals surface area contributed by atoms with E-state index in [-0.39, 0.29) is 27.7 Å². The molecule has 2 aromatic carbocycles. The van der Waals surface area contributed by atoms with E-state index in [1.165, 1.54) is 36.4 Å². The van der Waals surface area contributed by atoms with Crippen LogP contribution in [0.25, 0.3) is 0 Å². The summed E-state index contributed by atoms with van der Waals surface area (Å²) < 4.78 is 48.6. The van der Waals surface area contributed by atoms with Crippen molar-refractivity contribution >= 4 is 54.5 Å². The van der Waals surface area contributed by atoms with Crippen molar-refractivity contribution in [3.8, 4) is 0 Å². The van der Waals surface area contributed by atoms with Crippen LogP contribution >= 0.6 is 23.2 Å². The van der Waals surface area contributed by atoms with Crippen LogP contribution in [0, 0.1) is 0 Å². The second-order valence-corrected chi connectivity index (χ2v) is 11.5. The molecule has 0 spiro atoms. The normalized spacial score (nSPS) is 19.0. The molecule has 6 nitrogen and oxygen atoms in total. The molecule has 1 saturated heterocycles. The van der Waals surface area contributed by atoms with Gasteiger partial charge >= 0.3 is 0 Å². The highest BCUT2D eigenvalue weighted by Gasteiger charge is 2.38. The van der Waals surface area contributed by atoms with E-state index in [2.05, 4.69) is 5.32 Å². The van der Waals surface area contributed by atoms with Crippen molar-refractivity contribution in [3.63, 3.8) is 0 Å². The fourth-order valence-electron chi connectivity index (χ4n) is 2.79. The third-order valence-electron chi connectivity index (χ3n) is 4.23. The molecule has 1 aliphatic rings. The minimum Gasteiger partial charge on any atom is -0.322 e. The van der Waals surface area contributed by atoms with E-state index in [0.29, 0.717) is 10.7 Å². The lowest BCUT2D eigenvalue weighted by molar-refractivity contribution is 0.102. The zero-order valence-electron chi connectivity index (χ0n) is 13.9. The summed E-state index contributed by atoms with van der Waals surface area (Å²) in [5, 5.41) is 2.24. The monoisotopic (exact) mass is 447 g/mol. The van der Waals surface area contributed by atoms with E-state index in [0.717, 1.165) is 0 Å². The Morgan fingerprint density at radius 1 is 1.07 bits per heavy atom. The SMILES string of the molecule is O=C(Nc1ccc(Cl)c(Cl)c1)c1cccc(S(=O)(=O)[C@@H]2CCS(=O)(=O)C2)c1. The predicted octanol–water partition coefficient (Wildman–Crippen LogP) is 3.21. The number of rotatable bonds is 4.